The quantitative estimate of drug-likeness (QED) is 0.272. The zero-order valence-corrected chi connectivity index (χ0v) is 16.9. The highest BCUT2D eigenvalue weighted by Crippen LogP contribution is 2.35. The predicted molar refractivity (Wildman–Crippen MR) is 118 cm³/mol. The summed E-state index contributed by atoms with van der Waals surface area (Å²) in [5.41, 5.74) is 2.07. The van der Waals surface area contributed by atoms with E-state index in [1.165, 1.54) is 24.4 Å². The Hall–Kier alpha value is -4.11. The lowest BCUT2D eigenvalue weighted by molar-refractivity contribution is -0.383. The van der Waals surface area contributed by atoms with Gasteiger partial charge >= 0.3 is 0 Å². The van der Waals surface area contributed by atoms with Gasteiger partial charge in [-0.15, -0.1) is 0 Å². The molecule has 0 atom stereocenters. The third-order valence-electron chi connectivity index (χ3n) is 5.65. The van der Waals surface area contributed by atoms with Crippen LogP contribution >= 0.6 is 0 Å². The van der Waals surface area contributed by atoms with Gasteiger partial charge in [-0.3, -0.25) is 19.7 Å². The van der Waals surface area contributed by atoms with Crippen molar-refractivity contribution in [3.05, 3.63) is 81.4 Å². The number of carbonyl (C=O) groups is 2. The molecule has 2 heterocycles. The van der Waals surface area contributed by atoms with Gasteiger partial charge in [-0.2, -0.15) is 10.1 Å². The van der Waals surface area contributed by atoms with E-state index in [1.807, 2.05) is 24.3 Å². The molecule has 1 saturated heterocycles. The number of amides is 2. The van der Waals surface area contributed by atoms with Crippen molar-refractivity contribution in [1.82, 2.24) is 5.01 Å². The molecule has 2 aliphatic heterocycles. The summed E-state index contributed by atoms with van der Waals surface area (Å²) in [7, 11) is 0. The van der Waals surface area contributed by atoms with E-state index in [2.05, 4.69) is 10.0 Å². The van der Waals surface area contributed by atoms with Crippen LogP contribution < -0.4 is 4.90 Å². The van der Waals surface area contributed by atoms with Gasteiger partial charge in [-0.25, -0.2) is 0 Å². The van der Waals surface area contributed by atoms with Crippen molar-refractivity contribution < 1.29 is 19.2 Å². The number of nitro benzene ring substituents is 1. The Labute approximate surface area is 182 Å². The third kappa shape index (κ3) is 3.28. The minimum Gasteiger partial charge on any atom is -0.378 e. The second-order valence-corrected chi connectivity index (χ2v) is 7.48. The van der Waals surface area contributed by atoms with Crippen LogP contribution in [0.25, 0.3) is 10.8 Å². The van der Waals surface area contributed by atoms with Gasteiger partial charge in [0, 0.05) is 30.2 Å². The molecule has 3 aromatic rings. The Morgan fingerprint density at radius 1 is 0.938 bits per heavy atom. The zero-order chi connectivity index (χ0) is 22.2. The molecule has 160 valence electrons. The summed E-state index contributed by atoms with van der Waals surface area (Å²) in [6.45, 7) is 3.04. The number of nitro groups is 1. The highest BCUT2D eigenvalue weighted by molar-refractivity contribution is 6.26. The average molecular weight is 430 g/mol. The van der Waals surface area contributed by atoms with Gasteiger partial charge in [0.25, 0.3) is 17.5 Å². The van der Waals surface area contributed by atoms with Crippen molar-refractivity contribution in [1.29, 1.82) is 0 Å². The Morgan fingerprint density at radius 3 is 2.31 bits per heavy atom. The molecular weight excluding hydrogens is 412 g/mol. The molecule has 5 rings (SSSR count). The minimum atomic E-state index is -0.616. The molecule has 0 saturated carbocycles. The fourth-order valence-electron chi connectivity index (χ4n) is 4.05. The summed E-state index contributed by atoms with van der Waals surface area (Å²) >= 11 is 0. The first-order valence-corrected chi connectivity index (χ1v) is 10.1. The highest BCUT2D eigenvalue weighted by atomic mass is 16.6. The fourth-order valence-corrected chi connectivity index (χ4v) is 4.05. The lowest BCUT2D eigenvalue weighted by atomic mass is 9.94. The second kappa shape index (κ2) is 7.86. The van der Waals surface area contributed by atoms with Gasteiger partial charge in [0.05, 0.1) is 40.9 Å². The SMILES string of the molecule is O=C1c2cccc3c([N+](=O)[O-])ccc(c23)C(=O)N1N=Cc1ccc(N2CCOCC2)cc1. The van der Waals surface area contributed by atoms with Crippen molar-refractivity contribution >= 4 is 40.2 Å². The van der Waals surface area contributed by atoms with Crippen LogP contribution in [0.3, 0.4) is 0 Å². The van der Waals surface area contributed by atoms with Crippen molar-refractivity contribution in [3.8, 4) is 0 Å². The van der Waals surface area contributed by atoms with E-state index < -0.39 is 16.7 Å². The van der Waals surface area contributed by atoms with Crippen LogP contribution in [0, 0.1) is 10.1 Å². The monoisotopic (exact) mass is 430 g/mol. The first-order valence-electron chi connectivity index (χ1n) is 10.1. The fraction of sp³-hybridized carbons (Fsp3) is 0.174. The number of rotatable bonds is 4. The molecule has 3 aromatic carbocycles. The standard InChI is InChI=1S/C23H18N4O5/c28-22-18-3-1-2-17-20(27(30)31)9-8-19(21(17)18)23(29)26(22)24-14-15-4-6-16(7-5-15)25-10-12-32-13-11-25/h1-9,14H,10-13H2. The summed E-state index contributed by atoms with van der Waals surface area (Å²) in [5.74, 6) is -1.23. The number of nitrogens with zero attached hydrogens (tertiary/aromatic N) is 4. The van der Waals surface area contributed by atoms with Crippen molar-refractivity contribution in [2.24, 2.45) is 5.10 Å². The van der Waals surface area contributed by atoms with Gasteiger partial charge in [0.2, 0.25) is 0 Å². The first kappa shape index (κ1) is 19.8. The number of ether oxygens (including phenoxy) is 1. The van der Waals surface area contributed by atoms with E-state index in [9.17, 15) is 19.7 Å². The molecule has 32 heavy (non-hydrogen) atoms. The van der Waals surface area contributed by atoms with Crippen molar-refractivity contribution in [2.45, 2.75) is 0 Å². The van der Waals surface area contributed by atoms with Gasteiger partial charge in [-0.05, 0) is 35.9 Å². The zero-order valence-electron chi connectivity index (χ0n) is 16.9. The number of hydrazone groups is 1. The highest BCUT2D eigenvalue weighted by Gasteiger charge is 2.34. The summed E-state index contributed by atoms with van der Waals surface area (Å²) in [4.78, 5) is 39.0. The normalized spacial score (nSPS) is 16.2. The topological polar surface area (TPSA) is 105 Å². The Morgan fingerprint density at radius 2 is 1.62 bits per heavy atom. The van der Waals surface area contributed by atoms with Crippen LogP contribution in [-0.4, -0.2) is 54.3 Å². The van der Waals surface area contributed by atoms with Crippen molar-refractivity contribution in [2.75, 3.05) is 31.2 Å². The third-order valence-corrected chi connectivity index (χ3v) is 5.65. The number of benzene rings is 3. The number of anilines is 1. The summed E-state index contributed by atoms with van der Waals surface area (Å²) in [6.07, 6.45) is 1.45. The van der Waals surface area contributed by atoms with E-state index in [4.69, 9.17) is 4.74 Å². The maximum atomic E-state index is 13.0. The Bertz CT molecular complexity index is 1260. The largest absolute Gasteiger partial charge is 0.378 e. The van der Waals surface area contributed by atoms with Crippen molar-refractivity contribution in [3.63, 3.8) is 0 Å². The van der Waals surface area contributed by atoms with Gasteiger partial charge < -0.3 is 9.64 Å². The van der Waals surface area contributed by atoms with E-state index >= 15 is 0 Å². The Kier molecular flexibility index (Phi) is 4.87. The van der Waals surface area contributed by atoms with Gasteiger partial charge in [0.15, 0.2) is 0 Å². The molecule has 0 radical (unpaired) electrons. The second-order valence-electron chi connectivity index (χ2n) is 7.48. The maximum absolute atomic E-state index is 13.0. The lowest BCUT2D eigenvalue weighted by Crippen LogP contribution is -2.36. The van der Waals surface area contributed by atoms with Crippen LogP contribution in [0.15, 0.2) is 59.7 Å². The summed E-state index contributed by atoms with van der Waals surface area (Å²) in [5, 5.41) is 16.8. The number of morpholine rings is 1. The van der Waals surface area contributed by atoms with E-state index in [0.29, 0.717) is 13.2 Å². The summed E-state index contributed by atoms with van der Waals surface area (Å²) in [6, 6.07) is 15.0. The maximum Gasteiger partial charge on any atom is 0.282 e. The average Bonchev–Trinajstić information content (AvgIpc) is 2.83. The first-order chi connectivity index (χ1) is 15.5. The molecule has 0 aromatic heterocycles. The number of imide groups is 1. The molecule has 1 fully saturated rings. The molecule has 0 spiro atoms. The molecule has 0 unspecified atom stereocenters. The number of carbonyl (C=O) groups excluding carboxylic acids is 2. The Balaban J connectivity index is 1.44. The molecule has 9 heteroatoms. The van der Waals surface area contributed by atoms with E-state index in [0.717, 1.165) is 29.3 Å². The summed E-state index contributed by atoms with van der Waals surface area (Å²) < 4.78 is 5.37. The molecule has 2 aliphatic rings. The lowest BCUT2D eigenvalue weighted by Gasteiger charge is -2.28. The smallest absolute Gasteiger partial charge is 0.282 e. The number of hydrogen-bond donors (Lipinski definition) is 0. The van der Waals surface area contributed by atoms with Crippen LogP contribution in [0.1, 0.15) is 26.3 Å². The number of non-ortho nitro benzene ring substituents is 1. The van der Waals surface area contributed by atoms with Crippen LogP contribution in [0.5, 0.6) is 0 Å². The predicted octanol–water partition coefficient (Wildman–Crippen LogP) is 3.21. The molecular formula is C23H18N4O5. The molecule has 0 aliphatic carbocycles. The molecule has 0 bridgehead atoms. The molecule has 2 amide bonds. The van der Waals surface area contributed by atoms with Gasteiger partial charge in [-0.1, -0.05) is 18.2 Å². The van der Waals surface area contributed by atoms with Crippen LogP contribution in [-0.2, 0) is 4.74 Å². The van der Waals surface area contributed by atoms with E-state index in [-0.39, 0.29) is 27.6 Å². The van der Waals surface area contributed by atoms with E-state index in [1.54, 1.807) is 12.1 Å². The molecule has 0 N–H and O–H groups in total. The van der Waals surface area contributed by atoms with Crippen LogP contribution in [0.4, 0.5) is 11.4 Å². The number of hydrogen-bond acceptors (Lipinski definition) is 7. The van der Waals surface area contributed by atoms with Gasteiger partial charge in [0.1, 0.15) is 0 Å². The molecule has 9 nitrogen and oxygen atoms in total. The minimum absolute atomic E-state index is 0.150. The van der Waals surface area contributed by atoms with Crippen LogP contribution in [0.2, 0.25) is 0 Å².